The van der Waals surface area contributed by atoms with E-state index in [0.717, 1.165) is 39.3 Å². The third-order valence-electron chi connectivity index (χ3n) is 6.01. The molecule has 0 spiro atoms. The smallest absolute Gasteiger partial charge is 0.220 e. The summed E-state index contributed by atoms with van der Waals surface area (Å²) in [6.07, 6.45) is 1.70. The average Bonchev–Trinajstić information content (AvgIpc) is 3.41. The molecule has 0 saturated heterocycles. The SMILES string of the molecule is Pc1ccccc1.c1ccc(-c2ccccc2Nc2ccoc2Nc2ccccc2-c2ccccc2)cc1. The molecule has 1 atom stereocenters. The molecule has 1 unspecified atom stereocenters. The zero-order valence-electron chi connectivity index (χ0n) is 20.9. The van der Waals surface area contributed by atoms with Crippen LogP contribution in [0.1, 0.15) is 0 Å². The Hall–Kier alpha value is -4.59. The molecule has 1 heterocycles. The van der Waals surface area contributed by atoms with Crippen molar-refractivity contribution >= 4 is 37.5 Å². The molecule has 3 nitrogen and oxygen atoms in total. The lowest BCUT2D eigenvalue weighted by Gasteiger charge is -2.14. The van der Waals surface area contributed by atoms with Crippen LogP contribution in [0.15, 0.2) is 156 Å². The Balaban J connectivity index is 0.000000366. The van der Waals surface area contributed by atoms with Gasteiger partial charge in [0, 0.05) is 28.6 Å². The molecule has 4 heteroatoms. The molecule has 0 amide bonds. The predicted molar refractivity (Wildman–Crippen MR) is 165 cm³/mol. The van der Waals surface area contributed by atoms with Gasteiger partial charge in [0.2, 0.25) is 5.88 Å². The van der Waals surface area contributed by atoms with Crippen molar-refractivity contribution in [3.63, 3.8) is 0 Å². The lowest BCUT2D eigenvalue weighted by atomic mass is 10.0. The predicted octanol–water partition coefficient (Wildman–Crippen LogP) is 9.29. The number of hydrogen-bond acceptors (Lipinski definition) is 3. The molecule has 0 aliphatic heterocycles. The molecular weight excluding hydrogens is 483 g/mol. The number of para-hydroxylation sites is 2. The molecule has 186 valence electrons. The van der Waals surface area contributed by atoms with E-state index >= 15 is 0 Å². The third-order valence-corrected chi connectivity index (χ3v) is 6.39. The molecule has 0 bridgehead atoms. The lowest BCUT2D eigenvalue weighted by molar-refractivity contribution is 0.586. The van der Waals surface area contributed by atoms with Gasteiger partial charge in [-0.2, -0.15) is 0 Å². The Kier molecular flexibility index (Phi) is 8.30. The van der Waals surface area contributed by atoms with E-state index < -0.39 is 0 Å². The highest BCUT2D eigenvalue weighted by atomic mass is 31.0. The summed E-state index contributed by atoms with van der Waals surface area (Å²) in [7, 11) is 2.63. The van der Waals surface area contributed by atoms with Crippen molar-refractivity contribution < 1.29 is 4.42 Å². The highest BCUT2D eigenvalue weighted by Crippen LogP contribution is 2.36. The molecule has 0 fully saturated rings. The van der Waals surface area contributed by atoms with Crippen molar-refractivity contribution in [1.82, 2.24) is 0 Å². The minimum absolute atomic E-state index is 0.672. The Morgan fingerprint density at radius 3 is 1.37 bits per heavy atom. The van der Waals surface area contributed by atoms with E-state index in [2.05, 4.69) is 86.6 Å². The van der Waals surface area contributed by atoms with Crippen molar-refractivity contribution in [1.29, 1.82) is 0 Å². The fraction of sp³-hybridized carbons (Fsp3) is 0. The quantitative estimate of drug-likeness (QED) is 0.218. The summed E-state index contributed by atoms with van der Waals surface area (Å²) in [5, 5.41) is 8.25. The molecule has 0 aliphatic carbocycles. The van der Waals surface area contributed by atoms with E-state index in [9.17, 15) is 0 Å². The maximum Gasteiger partial charge on any atom is 0.220 e. The number of hydrogen-bond donors (Lipinski definition) is 2. The van der Waals surface area contributed by atoms with Crippen molar-refractivity contribution in [2.24, 2.45) is 0 Å². The van der Waals surface area contributed by atoms with E-state index in [0.29, 0.717) is 5.88 Å². The van der Waals surface area contributed by atoms with Gasteiger partial charge in [0.25, 0.3) is 0 Å². The van der Waals surface area contributed by atoms with Crippen molar-refractivity contribution in [2.45, 2.75) is 0 Å². The molecular formula is C34H29N2OP. The molecule has 6 rings (SSSR count). The molecule has 0 saturated carbocycles. The first-order valence-corrected chi connectivity index (χ1v) is 13.1. The topological polar surface area (TPSA) is 37.2 Å². The van der Waals surface area contributed by atoms with Gasteiger partial charge in [-0.15, -0.1) is 9.24 Å². The summed E-state index contributed by atoms with van der Waals surface area (Å²) in [5.74, 6) is 0.672. The largest absolute Gasteiger partial charge is 0.446 e. The van der Waals surface area contributed by atoms with E-state index in [4.69, 9.17) is 4.42 Å². The Bertz CT molecular complexity index is 1470. The summed E-state index contributed by atoms with van der Waals surface area (Å²) in [4.78, 5) is 0. The van der Waals surface area contributed by atoms with Crippen LogP contribution >= 0.6 is 9.24 Å². The maximum atomic E-state index is 5.80. The van der Waals surface area contributed by atoms with Gasteiger partial charge in [0.15, 0.2) is 0 Å². The minimum Gasteiger partial charge on any atom is -0.446 e. The van der Waals surface area contributed by atoms with Gasteiger partial charge in [0.05, 0.1) is 6.26 Å². The van der Waals surface area contributed by atoms with Crippen LogP contribution in [0.4, 0.5) is 22.9 Å². The lowest BCUT2D eigenvalue weighted by Crippen LogP contribution is -1.97. The van der Waals surface area contributed by atoms with Crippen LogP contribution in [0.25, 0.3) is 22.3 Å². The number of rotatable bonds is 6. The van der Waals surface area contributed by atoms with Crippen LogP contribution in [0.5, 0.6) is 0 Å². The maximum absolute atomic E-state index is 5.80. The minimum atomic E-state index is 0.672. The van der Waals surface area contributed by atoms with Gasteiger partial charge < -0.3 is 15.1 Å². The second kappa shape index (κ2) is 12.6. The highest BCUT2D eigenvalue weighted by Gasteiger charge is 2.12. The molecule has 38 heavy (non-hydrogen) atoms. The normalized spacial score (nSPS) is 10.2. The first-order valence-electron chi connectivity index (χ1n) is 12.5. The van der Waals surface area contributed by atoms with Crippen molar-refractivity contribution in [3.8, 4) is 22.3 Å². The number of benzene rings is 5. The average molecular weight is 513 g/mol. The van der Waals surface area contributed by atoms with Crippen LogP contribution in [0.2, 0.25) is 0 Å². The summed E-state index contributed by atoms with van der Waals surface area (Å²) >= 11 is 0. The zero-order chi connectivity index (χ0) is 26.0. The van der Waals surface area contributed by atoms with E-state index in [-0.39, 0.29) is 0 Å². The van der Waals surface area contributed by atoms with Crippen LogP contribution in [0, 0.1) is 0 Å². The first-order chi connectivity index (χ1) is 18.8. The van der Waals surface area contributed by atoms with E-state index in [1.54, 1.807) is 6.26 Å². The Labute approximate surface area is 226 Å². The van der Waals surface area contributed by atoms with Crippen LogP contribution in [-0.4, -0.2) is 0 Å². The Morgan fingerprint density at radius 1 is 0.421 bits per heavy atom. The molecule has 0 radical (unpaired) electrons. The molecule has 0 aliphatic rings. The number of anilines is 4. The second-order valence-electron chi connectivity index (χ2n) is 8.65. The van der Waals surface area contributed by atoms with Gasteiger partial charge in [-0.05, 0) is 28.6 Å². The molecule has 6 aromatic rings. The Morgan fingerprint density at radius 2 is 0.868 bits per heavy atom. The molecule has 1 aromatic heterocycles. The number of furan rings is 1. The monoisotopic (exact) mass is 512 g/mol. The zero-order valence-corrected chi connectivity index (χ0v) is 22.1. The fourth-order valence-corrected chi connectivity index (χ4v) is 4.37. The van der Waals surface area contributed by atoms with Gasteiger partial charge in [0.1, 0.15) is 5.69 Å². The standard InChI is InChI=1S/C28H22N2O.C6H7P/c1-3-11-21(12-4-1)23-15-7-9-17-25(23)29-27-19-20-31-28(27)30-26-18-10-8-16-24(26)22-13-5-2-6-14-22;7-6-4-2-1-3-5-6/h1-20,29-30H;1-5H,7H2. The van der Waals surface area contributed by atoms with E-state index in [1.165, 1.54) is 5.30 Å². The number of nitrogens with one attached hydrogen (secondary N) is 2. The van der Waals surface area contributed by atoms with E-state index in [1.807, 2.05) is 78.9 Å². The third kappa shape index (κ3) is 6.39. The van der Waals surface area contributed by atoms with Gasteiger partial charge in [-0.3, -0.25) is 0 Å². The van der Waals surface area contributed by atoms with Crippen LogP contribution in [-0.2, 0) is 0 Å². The molecule has 2 N–H and O–H groups in total. The highest BCUT2D eigenvalue weighted by molar-refractivity contribution is 7.27. The summed E-state index contributed by atoms with van der Waals surface area (Å²) < 4.78 is 5.80. The van der Waals surface area contributed by atoms with Crippen molar-refractivity contribution in [2.75, 3.05) is 10.6 Å². The molecule has 5 aromatic carbocycles. The van der Waals surface area contributed by atoms with Gasteiger partial charge >= 0.3 is 0 Å². The second-order valence-corrected chi connectivity index (χ2v) is 9.31. The van der Waals surface area contributed by atoms with Gasteiger partial charge in [-0.1, -0.05) is 127 Å². The van der Waals surface area contributed by atoms with Crippen molar-refractivity contribution in [3.05, 3.63) is 152 Å². The summed E-state index contributed by atoms with van der Waals surface area (Å²) in [6.45, 7) is 0. The van der Waals surface area contributed by atoms with Gasteiger partial charge in [-0.25, -0.2) is 0 Å². The van der Waals surface area contributed by atoms with Crippen LogP contribution < -0.4 is 15.9 Å². The fourth-order valence-electron chi connectivity index (χ4n) is 4.15. The summed E-state index contributed by atoms with van der Waals surface area (Å²) in [5.41, 5.74) is 7.47. The first kappa shape index (κ1) is 25.1. The summed E-state index contributed by atoms with van der Waals surface area (Å²) in [6, 6.07) is 49.3. The van der Waals surface area contributed by atoms with Crippen LogP contribution in [0.3, 0.4) is 0 Å².